The molecule has 7 nitrogen and oxygen atoms in total. The molecule has 160 valence electrons. The zero-order valence-corrected chi connectivity index (χ0v) is 24.0. The molecular formula is C20H24Na2O7S2. The van der Waals surface area contributed by atoms with E-state index in [1.165, 1.54) is 0 Å². The van der Waals surface area contributed by atoms with Crippen LogP contribution in [0.15, 0.2) is 40.1 Å². The molecule has 0 heterocycles. The Morgan fingerprint density at radius 3 is 1.65 bits per heavy atom. The van der Waals surface area contributed by atoms with Crippen LogP contribution in [-0.2, 0) is 33.1 Å². The molecule has 0 fully saturated rings. The van der Waals surface area contributed by atoms with Gasteiger partial charge in [-0.1, -0.05) is 57.0 Å². The molecule has 0 spiro atoms. The van der Waals surface area contributed by atoms with E-state index >= 15 is 0 Å². The van der Waals surface area contributed by atoms with Gasteiger partial charge >= 0.3 is 59.1 Å². The first-order valence-electron chi connectivity index (χ1n) is 9.41. The summed E-state index contributed by atoms with van der Waals surface area (Å²) in [5.74, 6) is -0.923. The van der Waals surface area contributed by atoms with Crippen LogP contribution >= 0.6 is 0 Å². The van der Waals surface area contributed by atoms with E-state index in [0.29, 0.717) is 30.4 Å². The topological polar surface area (TPSA) is 135 Å². The van der Waals surface area contributed by atoms with Gasteiger partial charge in [-0.05, 0) is 42.4 Å². The van der Waals surface area contributed by atoms with Crippen LogP contribution in [0.25, 0.3) is 11.1 Å². The van der Waals surface area contributed by atoms with E-state index in [2.05, 4.69) is 0 Å². The number of phenolic OH excluding ortho intramolecular Hbond substituents is 1. The monoisotopic (exact) mass is 486 g/mol. The molecule has 0 atom stereocenters. The predicted molar refractivity (Wildman–Crippen MR) is 107 cm³/mol. The van der Waals surface area contributed by atoms with Gasteiger partial charge in [0.25, 0.3) is 0 Å². The molecule has 0 amide bonds. The van der Waals surface area contributed by atoms with Crippen molar-refractivity contribution >= 4 is 20.2 Å². The van der Waals surface area contributed by atoms with E-state index in [4.69, 9.17) is 0 Å². The van der Waals surface area contributed by atoms with E-state index in [-0.39, 0.29) is 76.7 Å². The molecule has 0 unspecified atom stereocenters. The van der Waals surface area contributed by atoms with Gasteiger partial charge in [0.05, 0.1) is 4.90 Å². The van der Waals surface area contributed by atoms with Crippen LogP contribution in [0.1, 0.15) is 50.7 Å². The molecular weight excluding hydrogens is 462 g/mol. The smallest absolute Gasteiger partial charge is 0.744 e. The standard InChI is InChI=1S/C20H26O7S2.2Na/c1-3-5-12-15-16(13-6-4-2)18(21)20(29(25,26)27)19(28(22,23)24)17(15)14-10-8-7-9-11-14;;/h7-11,21H,3-6,12-13H2,1-2H3,(H,22,23,24)(H,25,26,27);;/q;2*+1/p-2. The summed E-state index contributed by atoms with van der Waals surface area (Å²) in [4.78, 5) is -2.51. The van der Waals surface area contributed by atoms with E-state index < -0.39 is 35.8 Å². The molecule has 0 aromatic heterocycles. The average molecular weight is 487 g/mol. The summed E-state index contributed by atoms with van der Waals surface area (Å²) in [5, 5.41) is 10.7. The van der Waals surface area contributed by atoms with Crippen LogP contribution in [0.3, 0.4) is 0 Å². The Balaban J connectivity index is 0.00000450. The minimum Gasteiger partial charge on any atom is -0.744 e. The number of rotatable bonds is 9. The van der Waals surface area contributed by atoms with Crippen molar-refractivity contribution in [3.63, 3.8) is 0 Å². The van der Waals surface area contributed by atoms with Crippen molar-refractivity contribution in [2.24, 2.45) is 0 Å². The third kappa shape index (κ3) is 7.53. The molecule has 0 aliphatic heterocycles. The van der Waals surface area contributed by atoms with Crippen LogP contribution < -0.4 is 59.1 Å². The minimum atomic E-state index is -5.44. The van der Waals surface area contributed by atoms with Crippen LogP contribution in [0.5, 0.6) is 5.75 Å². The van der Waals surface area contributed by atoms with Crippen molar-refractivity contribution < 1.29 is 90.2 Å². The van der Waals surface area contributed by atoms with Gasteiger partial charge in [0, 0.05) is 5.56 Å². The molecule has 11 heteroatoms. The summed E-state index contributed by atoms with van der Waals surface area (Å²) < 4.78 is 72.2. The zero-order chi connectivity index (χ0) is 21.8. The van der Waals surface area contributed by atoms with Crippen LogP contribution in [0, 0.1) is 0 Å². The van der Waals surface area contributed by atoms with E-state index in [9.17, 15) is 31.0 Å². The Morgan fingerprint density at radius 2 is 1.23 bits per heavy atom. The summed E-state index contributed by atoms with van der Waals surface area (Å²) >= 11 is 0. The molecule has 0 aliphatic carbocycles. The molecule has 2 aromatic carbocycles. The summed E-state index contributed by atoms with van der Waals surface area (Å²) in [6, 6.07) is 8.00. The number of phenols is 1. The number of benzene rings is 2. The summed E-state index contributed by atoms with van der Waals surface area (Å²) in [6.45, 7) is 3.83. The van der Waals surface area contributed by atoms with E-state index in [1.54, 1.807) is 30.3 Å². The number of unbranched alkanes of at least 4 members (excludes halogenated alkanes) is 2. The predicted octanol–water partition coefficient (Wildman–Crippen LogP) is -2.44. The fourth-order valence-electron chi connectivity index (χ4n) is 3.42. The normalized spacial score (nSPS) is 11.5. The molecule has 0 saturated heterocycles. The third-order valence-electron chi connectivity index (χ3n) is 4.72. The maximum atomic E-state index is 12.1. The second kappa shape index (κ2) is 13.1. The first-order chi connectivity index (χ1) is 13.5. The molecule has 0 bridgehead atoms. The van der Waals surface area contributed by atoms with Crippen molar-refractivity contribution in [1.29, 1.82) is 0 Å². The van der Waals surface area contributed by atoms with E-state index in [0.717, 1.165) is 12.8 Å². The van der Waals surface area contributed by atoms with Gasteiger partial charge in [-0.15, -0.1) is 0 Å². The first-order valence-corrected chi connectivity index (χ1v) is 12.2. The van der Waals surface area contributed by atoms with Crippen molar-refractivity contribution in [2.75, 3.05) is 0 Å². The second-order valence-corrected chi connectivity index (χ2v) is 9.45. The minimum absolute atomic E-state index is 0. The SMILES string of the molecule is CCCCc1c(O)c(S(=O)(=O)[O-])c(S(=O)(=O)[O-])c(-c2ccccc2)c1CCCC.[Na+].[Na+]. The number of hydrogen-bond donors (Lipinski definition) is 1. The Labute approximate surface area is 228 Å². The fourth-order valence-corrected chi connectivity index (χ4v) is 5.54. The quantitative estimate of drug-likeness (QED) is 0.307. The van der Waals surface area contributed by atoms with Gasteiger partial charge in [0.2, 0.25) is 0 Å². The van der Waals surface area contributed by atoms with E-state index in [1.807, 2.05) is 13.8 Å². The number of hydrogen-bond acceptors (Lipinski definition) is 7. The van der Waals surface area contributed by atoms with Crippen LogP contribution in [0.2, 0.25) is 0 Å². The summed E-state index contributed by atoms with van der Waals surface area (Å²) in [5.41, 5.74) is 0.801. The molecule has 0 saturated carbocycles. The van der Waals surface area contributed by atoms with Gasteiger partial charge in [-0.2, -0.15) is 0 Å². The van der Waals surface area contributed by atoms with Gasteiger partial charge in [-0.25, -0.2) is 16.8 Å². The second-order valence-electron chi connectivity index (χ2n) is 6.82. The Morgan fingerprint density at radius 1 is 0.774 bits per heavy atom. The molecule has 0 aliphatic rings. The summed E-state index contributed by atoms with van der Waals surface area (Å²) in [7, 11) is -10.8. The average Bonchev–Trinajstić information content (AvgIpc) is 2.63. The first kappa shape index (κ1) is 31.1. The molecule has 2 aromatic rings. The largest absolute Gasteiger partial charge is 1.00 e. The molecule has 2 rings (SSSR count). The molecule has 0 radical (unpaired) electrons. The Bertz CT molecular complexity index is 1080. The van der Waals surface area contributed by atoms with Crippen molar-refractivity contribution in [1.82, 2.24) is 0 Å². The van der Waals surface area contributed by atoms with Crippen LogP contribution in [0.4, 0.5) is 0 Å². The zero-order valence-electron chi connectivity index (χ0n) is 18.3. The Hall–Kier alpha value is 0.0600. The maximum Gasteiger partial charge on any atom is 1.00 e. The van der Waals surface area contributed by atoms with Gasteiger partial charge < -0.3 is 14.2 Å². The van der Waals surface area contributed by atoms with Crippen molar-refractivity contribution in [2.45, 2.75) is 62.2 Å². The van der Waals surface area contributed by atoms with Crippen LogP contribution in [-0.4, -0.2) is 31.0 Å². The fraction of sp³-hybridized carbons (Fsp3) is 0.400. The molecule has 31 heavy (non-hydrogen) atoms. The molecule has 1 N–H and O–H groups in total. The van der Waals surface area contributed by atoms with Crippen molar-refractivity contribution in [3.05, 3.63) is 41.5 Å². The third-order valence-corrected chi connectivity index (χ3v) is 6.66. The maximum absolute atomic E-state index is 12.1. The summed E-state index contributed by atoms with van der Waals surface area (Å²) in [6.07, 6.45) is 3.28. The number of aromatic hydroxyl groups is 1. The van der Waals surface area contributed by atoms with Gasteiger partial charge in [0.15, 0.2) is 0 Å². The Kier molecular flexibility index (Phi) is 13.1. The van der Waals surface area contributed by atoms with Gasteiger partial charge in [0.1, 0.15) is 30.9 Å². The van der Waals surface area contributed by atoms with Crippen molar-refractivity contribution in [3.8, 4) is 16.9 Å². The van der Waals surface area contributed by atoms with Gasteiger partial charge in [-0.3, -0.25) is 0 Å².